The zero-order valence-corrected chi connectivity index (χ0v) is 13.6. The van der Waals surface area contributed by atoms with Gasteiger partial charge in [-0.05, 0) is 44.2 Å². The highest BCUT2D eigenvalue weighted by Gasteiger charge is 2.15. The van der Waals surface area contributed by atoms with Crippen molar-refractivity contribution < 1.29 is 19.2 Å². The third-order valence-electron chi connectivity index (χ3n) is 3.77. The lowest BCUT2D eigenvalue weighted by Gasteiger charge is -2.05. The van der Waals surface area contributed by atoms with Crippen LogP contribution < -0.4 is 14.9 Å². The fraction of sp³-hybridized carbons (Fsp3) is 0.176. The number of amides is 1. The van der Waals surface area contributed by atoms with Gasteiger partial charge in [-0.25, -0.2) is 5.43 Å². The second-order valence-electron chi connectivity index (χ2n) is 5.46. The van der Waals surface area contributed by atoms with Crippen LogP contribution in [0, 0.1) is 17.0 Å². The maximum atomic E-state index is 12.2. The molecule has 0 saturated heterocycles. The largest absolute Gasteiger partial charge is 0.454 e. The number of carbonyl (C=O) groups is 1. The van der Waals surface area contributed by atoms with Crippen LogP contribution >= 0.6 is 0 Å². The van der Waals surface area contributed by atoms with Crippen molar-refractivity contribution in [1.82, 2.24) is 5.43 Å². The number of hydrogen-bond acceptors (Lipinski definition) is 6. The number of ether oxygens (including phenoxy) is 2. The molecule has 0 radical (unpaired) electrons. The Morgan fingerprint density at radius 3 is 2.60 bits per heavy atom. The van der Waals surface area contributed by atoms with E-state index in [4.69, 9.17) is 9.47 Å². The summed E-state index contributed by atoms with van der Waals surface area (Å²) >= 11 is 0. The highest BCUT2D eigenvalue weighted by molar-refractivity contribution is 6.01. The number of nitro benzene ring substituents is 1. The van der Waals surface area contributed by atoms with Crippen molar-refractivity contribution in [2.45, 2.75) is 13.8 Å². The first-order valence-corrected chi connectivity index (χ1v) is 7.45. The van der Waals surface area contributed by atoms with Crippen molar-refractivity contribution in [2.24, 2.45) is 5.10 Å². The minimum absolute atomic E-state index is 0.0309. The van der Waals surface area contributed by atoms with Gasteiger partial charge in [0.1, 0.15) is 0 Å². The van der Waals surface area contributed by atoms with Crippen molar-refractivity contribution in [3.8, 4) is 11.5 Å². The van der Waals surface area contributed by atoms with Crippen molar-refractivity contribution >= 4 is 17.3 Å². The van der Waals surface area contributed by atoms with E-state index in [9.17, 15) is 14.9 Å². The molecule has 8 nitrogen and oxygen atoms in total. The van der Waals surface area contributed by atoms with Gasteiger partial charge in [0.2, 0.25) is 6.79 Å². The molecule has 3 rings (SSSR count). The van der Waals surface area contributed by atoms with Gasteiger partial charge in [0.15, 0.2) is 11.5 Å². The molecule has 0 fully saturated rings. The Labute approximate surface area is 143 Å². The van der Waals surface area contributed by atoms with Crippen LogP contribution in [0.2, 0.25) is 0 Å². The van der Waals surface area contributed by atoms with E-state index < -0.39 is 10.8 Å². The Bertz CT molecular complexity index is 892. The number of carbonyl (C=O) groups excluding carboxylic acids is 1. The minimum atomic E-state index is -0.487. The molecule has 1 N–H and O–H groups in total. The molecule has 8 heteroatoms. The number of nitro groups is 1. The fourth-order valence-electron chi connectivity index (χ4n) is 2.39. The topological polar surface area (TPSA) is 103 Å². The highest BCUT2D eigenvalue weighted by atomic mass is 16.7. The Morgan fingerprint density at radius 1 is 1.16 bits per heavy atom. The van der Waals surface area contributed by atoms with Gasteiger partial charge in [-0.15, -0.1) is 0 Å². The van der Waals surface area contributed by atoms with E-state index in [0.717, 1.165) is 5.56 Å². The molecule has 128 valence electrons. The molecule has 0 spiro atoms. The lowest BCUT2D eigenvalue weighted by molar-refractivity contribution is -0.385. The van der Waals surface area contributed by atoms with Gasteiger partial charge >= 0.3 is 0 Å². The molecule has 1 aliphatic rings. The molecule has 2 aromatic carbocycles. The van der Waals surface area contributed by atoms with Crippen LogP contribution in [0.15, 0.2) is 41.5 Å². The summed E-state index contributed by atoms with van der Waals surface area (Å²) in [6.07, 6.45) is 0. The minimum Gasteiger partial charge on any atom is -0.454 e. The van der Waals surface area contributed by atoms with Gasteiger partial charge in [-0.3, -0.25) is 14.9 Å². The third-order valence-corrected chi connectivity index (χ3v) is 3.77. The number of hydrazone groups is 1. The maximum absolute atomic E-state index is 12.2. The van der Waals surface area contributed by atoms with Gasteiger partial charge in [0, 0.05) is 22.8 Å². The molecular formula is C17H15N3O5. The van der Waals surface area contributed by atoms with Crippen LogP contribution in [0.5, 0.6) is 11.5 Å². The van der Waals surface area contributed by atoms with Crippen LogP contribution in [-0.4, -0.2) is 23.3 Å². The molecule has 1 aliphatic heterocycles. The average Bonchev–Trinajstić information content (AvgIpc) is 3.06. The first-order chi connectivity index (χ1) is 12.0. The lowest BCUT2D eigenvalue weighted by Crippen LogP contribution is -2.19. The molecule has 0 atom stereocenters. The summed E-state index contributed by atoms with van der Waals surface area (Å²) < 4.78 is 10.6. The van der Waals surface area contributed by atoms with Crippen LogP contribution in [0.1, 0.15) is 28.4 Å². The Kier molecular flexibility index (Phi) is 4.34. The molecular weight excluding hydrogens is 326 g/mol. The van der Waals surface area contributed by atoms with Crippen LogP contribution in [-0.2, 0) is 0 Å². The smallest absolute Gasteiger partial charge is 0.272 e. The van der Waals surface area contributed by atoms with Crippen molar-refractivity contribution in [3.05, 3.63) is 63.2 Å². The van der Waals surface area contributed by atoms with Crippen LogP contribution in [0.3, 0.4) is 0 Å². The quantitative estimate of drug-likeness (QED) is 0.523. The van der Waals surface area contributed by atoms with Gasteiger partial charge in [-0.2, -0.15) is 5.10 Å². The summed E-state index contributed by atoms with van der Waals surface area (Å²) in [5.41, 5.74) is 4.49. The van der Waals surface area contributed by atoms with E-state index in [0.29, 0.717) is 28.3 Å². The summed E-state index contributed by atoms with van der Waals surface area (Å²) in [5.74, 6) is 0.851. The number of nitrogens with one attached hydrogen (secondary N) is 1. The predicted octanol–water partition coefficient (Wildman–Crippen LogP) is 2.79. The van der Waals surface area contributed by atoms with Gasteiger partial charge in [0.25, 0.3) is 11.6 Å². The molecule has 1 amide bonds. The fourth-order valence-corrected chi connectivity index (χ4v) is 2.39. The summed E-state index contributed by atoms with van der Waals surface area (Å²) in [6, 6.07) is 9.53. The Morgan fingerprint density at radius 2 is 1.88 bits per heavy atom. The number of fused-ring (bicyclic) bond motifs is 1. The van der Waals surface area contributed by atoms with Crippen LogP contribution in [0.4, 0.5) is 5.69 Å². The number of benzene rings is 2. The Hall–Kier alpha value is -3.42. The molecule has 2 aromatic rings. The zero-order valence-electron chi connectivity index (χ0n) is 13.6. The number of nitrogens with zero attached hydrogens (tertiary/aromatic N) is 2. The zero-order chi connectivity index (χ0) is 18.0. The number of hydrogen-bond donors (Lipinski definition) is 1. The molecule has 0 aliphatic carbocycles. The standard InChI is InChI=1S/C17H15N3O5/c1-10-7-13(3-5-14(10)20(22)23)17(21)19-18-11(2)12-4-6-15-16(8-12)25-9-24-15/h3-8H,9H2,1-2H3,(H,19,21)/b18-11-. The Balaban J connectivity index is 1.73. The molecule has 1 heterocycles. The molecule has 0 aromatic heterocycles. The lowest BCUT2D eigenvalue weighted by atomic mass is 10.1. The van der Waals surface area contributed by atoms with Gasteiger partial charge < -0.3 is 9.47 Å². The summed E-state index contributed by atoms with van der Waals surface area (Å²) in [5, 5.41) is 14.9. The average molecular weight is 341 g/mol. The summed E-state index contributed by atoms with van der Waals surface area (Å²) in [7, 11) is 0. The maximum Gasteiger partial charge on any atom is 0.272 e. The molecule has 0 bridgehead atoms. The third kappa shape index (κ3) is 3.42. The van der Waals surface area contributed by atoms with Gasteiger partial charge in [0.05, 0.1) is 10.6 Å². The van der Waals surface area contributed by atoms with Crippen molar-refractivity contribution in [3.63, 3.8) is 0 Å². The molecule has 25 heavy (non-hydrogen) atoms. The van der Waals surface area contributed by atoms with Crippen LogP contribution in [0.25, 0.3) is 0 Å². The van der Waals surface area contributed by atoms with Crippen molar-refractivity contribution in [2.75, 3.05) is 6.79 Å². The van der Waals surface area contributed by atoms with Gasteiger partial charge in [-0.1, -0.05) is 0 Å². The summed E-state index contributed by atoms with van der Waals surface area (Å²) in [6.45, 7) is 3.51. The normalized spacial score (nSPS) is 12.8. The molecule has 0 saturated carbocycles. The monoisotopic (exact) mass is 341 g/mol. The second kappa shape index (κ2) is 6.60. The first kappa shape index (κ1) is 16.4. The summed E-state index contributed by atoms with van der Waals surface area (Å²) in [4.78, 5) is 22.5. The first-order valence-electron chi connectivity index (χ1n) is 7.45. The molecule has 0 unspecified atom stereocenters. The van der Waals surface area contributed by atoms with E-state index in [2.05, 4.69) is 10.5 Å². The van der Waals surface area contributed by atoms with E-state index >= 15 is 0 Å². The second-order valence-corrected chi connectivity index (χ2v) is 5.46. The number of aryl methyl sites for hydroxylation is 1. The van der Waals surface area contributed by atoms with E-state index in [1.807, 2.05) is 6.07 Å². The van der Waals surface area contributed by atoms with E-state index in [1.54, 1.807) is 26.0 Å². The SMILES string of the molecule is C/C(=N/NC(=O)c1ccc([N+](=O)[O-])c(C)c1)c1ccc2c(c1)OCO2. The predicted molar refractivity (Wildman–Crippen MR) is 90.1 cm³/mol. The van der Waals surface area contributed by atoms with Crippen molar-refractivity contribution in [1.29, 1.82) is 0 Å². The van der Waals surface area contributed by atoms with E-state index in [-0.39, 0.29) is 12.5 Å². The highest BCUT2D eigenvalue weighted by Crippen LogP contribution is 2.32. The van der Waals surface area contributed by atoms with E-state index in [1.165, 1.54) is 18.2 Å². The number of rotatable bonds is 4.